The van der Waals surface area contributed by atoms with Crippen LogP contribution in [0.1, 0.15) is 0 Å². The maximum Gasteiger partial charge on any atom is 0.337 e. The lowest BCUT2D eigenvalue weighted by molar-refractivity contribution is -0.136. The molecule has 2 heterocycles. The van der Waals surface area contributed by atoms with Crippen molar-refractivity contribution in [2.45, 2.75) is 0 Å². The maximum atomic E-state index is 12.5. The molecule has 1 aromatic carbocycles. The first-order chi connectivity index (χ1) is 11.5. The van der Waals surface area contributed by atoms with Gasteiger partial charge in [0.05, 0.1) is 25.8 Å². The zero-order chi connectivity index (χ0) is 17.3. The number of aliphatic hydroxyl groups excluding tert-OH is 1. The average Bonchev–Trinajstić information content (AvgIpc) is 3.10. The van der Waals surface area contributed by atoms with Crippen molar-refractivity contribution in [3.63, 3.8) is 0 Å². The molecule has 2 aromatic rings. The van der Waals surface area contributed by atoms with Crippen LogP contribution in [0.5, 0.6) is 0 Å². The Bertz CT molecular complexity index is 837. The number of nitrogens with zero attached hydrogens (tertiary/aromatic N) is 2. The van der Waals surface area contributed by atoms with Crippen LogP contribution in [-0.2, 0) is 21.4 Å². The highest BCUT2D eigenvalue weighted by Crippen LogP contribution is 2.25. The van der Waals surface area contributed by atoms with Crippen molar-refractivity contribution in [2.24, 2.45) is 7.05 Å². The third-order valence-corrected chi connectivity index (χ3v) is 4.11. The number of methoxy groups -OCH3 is 1. The molecule has 0 bridgehead atoms. The zero-order valence-corrected chi connectivity index (χ0v) is 13.6. The van der Waals surface area contributed by atoms with Gasteiger partial charge < -0.3 is 24.6 Å². The summed E-state index contributed by atoms with van der Waals surface area (Å²) in [6, 6.07) is 7.72. The minimum Gasteiger partial charge on any atom is -0.466 e. The van der Waals surface area contributed by atoms with Crippen LogP contribution in [0.3, 0.4) is 0 Å². The summed E-state index contributed by atoms with van der Waals surface area (Å²) in [7, 11) is 3.22. The second-order valence-electron chi connectivity index (χ2n) is 5.62. The van der Waals surface area contributed by atoms with Crippen LogP contribution >= 0.6 is 0 Å². The number of hydrogen-bond donors (Lipinski definition) is 2. The van der Waals surface area contributed by atoms with Crippen molar-refractivity contribution in [2.75, 3.05) is 32.1 Å². The highest BCUT2D eigenvalue weighted by atomic mass is 16.5. The van der Waals surface area contributed by atoms with E-state index < -0.39 is 5.97 Å². The lowest BCUT2D eigenvalue weighted by Crippen LogP contribution is -2.31. The van der Waals surface area contributed by atoms with Gasteiger partial charge in [-0.2, -0.15) is 0 Å². The Labute approximate surface area is 139 Å². The Morgan fingerprint density at radius 3 is 2.88 bits per heavy atom. The highest BCUT2D eigenvalue weighted by Gasteiger charge is 2.34. The van der Waals surface area contributed by atoms with E-state index in [9.17, 15) is 9.59 Å². The molecule has 0 atom stereocenters. The number of hydrogen-bond acceptors (Lipinski definition) is 5. The zero-order valence-electron chi connectivity index (χ0n) is 13.6. The van der Waals surface area contributed by atoms with Crippen molar-refractivity contribution >= 4 is 28.5 Å². The summed E-state index contributed by atoms with van der Waals surface area (Å²) < 4.78 is 6.75. The number of carbonyl (C=O) groups excluding carboxylic acids is 2. The molecule has 1 aliphatic rings. The highest BCUT2D eigenvalue weighted by molar-refractivity contribution is 6.08. The fourth-order valence-electron chi connectivity index (χ4n) is 2.83. The number of aryl methyl sites for hydroxylation is 1. The van der Waals surface area contributed by atoms with Crippen LogP contribution in [0.2, 0.25) is 0 Å². The second-order valence-corrected chi connectivity index (χ2v) is 5.62. The van der Waals surface area contributed by atoms with Crippen LogP contribution in [-0.4, -0.2) is 53.3 Å². The predicted octanol–water partition coefficient (Wildman–Crippen LogP) is 0.852. The molecule has 7 heteroatoms. The van der Waals surface area contributed by atoms with Gasteiger partial charge in [0.25, 0.3) is 5.91 Å². The average molecular weight is 329 g/mol. The van der Waals surface area contributed by atoms with Crippen molar-refractivity contribution < 1.29 is 19.4 Å². The SMILES string of the molecule is COC(=O)C1=C(Nc2ccc3ccn(C)c3c2)C(=O)N(CCO)C1. The fourth-order valence-corrected chi connectivity index (χ4v) is 2.83. The van der Waals surface area contributed by atoms with Crippen LogP contribution in [0.4, 0.5) is 5.69 Å². The van der Waals surface area contributed by atoms with E-state index in [-0.39, 0.29) is 36.9 Å². The van der Waals surface area contributed by atoms with Gasteiger partial charge >= 0.3 is 5.97 Å². The van der Waals surface area contributed by atoms with Gasteiger partial charge in [0.2, 0.25) is 0 Å². The smallest absolute Gasteiger partial charge is 0.337 e. The van der Waals surface area contributed by atoms with Crippen molar-refractivity contribution in [1.82, 2.24) is 9.47 Å². The van der Waals surface area contributed by atoms with Crippen molar-refractivity contribution in [3.05, 3.63) is 41.7 Å². The summed E-state index contributed by atoms with van der Waals surface area (Å²) in [5.74, 6) is -0.873. The van der Waals surface area contributed by atoms with Gasteiger partial charge in [-0.1, -0.05) is 6.07 Å². The monoisotopic (exact) mass is 329 g/mol. The Balaban J connectivity index is 1.95. The first-order valence-electron chi connectivity index (χ1n) is 7.59. The van der Waals surface area contributed by atoms with Crippen molar-refractivity contribution in [1.29, 1.82) is 0 Å². The van der Waals surface area contributed by atoms with Crippen molar-refractivity contribution in [3.8, 4) is 0 Å². The predicted molar refractivity (Wildman–Crippen MR) is 89.2 cm³/mol. The molecule has 3 rings (SSSR count). The molecule has 0 saturated carbocycles. The number of aliphatic hydroxyl groups is 1. The molecule has 1 amide bonds. The quantitative estimate of drug-likeness (QED) is 0.795. The normalized spacial score (nSPS) is 14.6. The summed E-state index contributed by atoms with van der Waals surface area (Å²) in [4.78, 5) is 25.9. The molecule has 0 spiro atoms. The van der Waals surface area contributed by atoms with E-state index in [4.69, 9.17) is 9.84 Å². The summed E-state index contributed by atoms with van der Waals surface area (Å²) in [6.45, 7) is 0.130. The number of carbonyl (C=O) groups is 2. The number of nitrogens with one attached hydrogen (secondary N) is 1. The van der Waals surface area contributed by atoms with Crippen LogP contribution in [0.25, 0.3) is 10.9 Å². The molecule has 1 aliphatic heterocycles. The number of benzene rings is 1. The van der Waals surface area contributed by atoms with Gasteiger partial charge in [-0.05, 0) is 23.6 Å². The van der Waals surface area contributed by atoms with Crippen LogP contribution < -0.4 is 5.32 Å². The lowest BCUT2D eigenvalue weighted by atomic mass is 10.2. The maximum absolute atomic E-state index is 12.5. The largest absolute Gasteiger partial charge is 0.466 e. The van der Waals surface area contributed by atoms with E-state index in [1.807, 2.05) is 42.1 Å². The van der Waals surface area contributed by atoms with Crippen LogP contribution in [0.15, 0.2) is 41.7 Å². The van der Waals surface area contributed by atoms with E-state index in [1.165, 1.54) is 12.0 Å². The Morgan fingerprint density at radius 1 is 1.38 bits per heavy atom. The molecule has 0 saturated heterocycles. The number of amides is 1. The third kappa shape index (κ3) is 2.74. The van der Waals surface area contributed by atoms with Gasteiger partial charge in [0.1, 0.15) is 5.70 Å². The van der Waals surface area contributed by atoms with Gasteiger partial charge in [0, 0.05) is 31.0 Å². The Kier molecular flexibility index (Phi) is 4.26. The molecule has 0 aliphatic carbocycles. The minimum absolute atomic E-state index is 0.126. The molecule has 2 N–H and O–H groups in total. The van der Waals surface area contributed by atoms with E-state index in [0.29, 0.717) is 5.69 Å². The van der Waals surface area contributed by atoms with E-state index in [2.05, 4.69) is 5.32 Å². The molecule has 0 fully saturated rings. The van der Waals surface area contributed by atoms with Crippen LogP contribution in [0, 0.1) is 0 Å². The minimum atomic E-state index is -0.550. The molecule has 0 radical (unpaired) electrons. The number of fused-ring (bicyclic) bond motifs is 1. The van der Waals surface area contributed by atoms with Gasteiger partial charge in [-0.15, -0.1) is 0 Å². The Hall–Kier alpha value is -2.80. The number of ether oxygens (including phenoxy) is 1. The third-order valence-electron chi connectivity index (χ3n) is 4.11. The van der Waals surface area contributed by atoms with E-state index in [0.717, 1.165) is 10.9 Å². The molecular formula is C17H19N3O4. The van der Waals surface area contributed by atoms with E-state index >= 15 is 0 Å². The molecule has 24 heavy (non-hydrogen) atoms. The molecule has 7 nitrogen and oxygen atoms in total. The molecule has 1 aromatic heterocycles. The second kappa shape index (κ2) is 6.37. The molecule has 0 unspecified atom stereocenters. The summed E-state index contributed by atoms with van der Waals surface area (Å²) in [5, 5.41) is 13.2. The van der Waals surface area contributed by atoms with E-state index in [1.54, 1.807) is 0 Å². The molecule has 126 valence electrons. The number of β-amino-alcohol motifs (C(OH)–C–C–N with tert-alkyl or cyclic N) is 1. The summed E-state index contributed by atoms with van der Waals surface area (Å²) in [6.07, 6.45) is 1.96. The number of esters is 1. The molecular weight excluding hydrogens is 310 g/mol. The first-order valence-corrected chi connectivity index (χ1v) is 7.59. The number of rotatable bonds is 5. The van der Waals surface area contributed by atoms with Gasteiger partial charge in [-0.3, -0.25) is 4.79 Å². The van der Waals surface area contributed by atoms with Gasteiger partial charge in [0.15, 0.2) is 0 Å². The lowest BCUT2D eigenvalue weighted by Gasteiger charge is -2.15. The number of anilines is 1. The topological polar surface area (TPSA) is 83.8 Å². The van der Waals surface area contributed by atoms with Gasteiger partial charge in [-0.25, -0.2) is 4.79 Å². The standard InChI is InChI=1S/C17H19N3O4/c1-19-6-5-11-3-4-12(9-14(11)19)18-15-13(17(23)24-2)10-20(7-8-21)16(15)22/h3-6,9,18,21H,7-8,10H2,1-2H3. The summed E-state index contributed by atoms with van der Waals surface area (Å²) >= 11 is 0. The number of aromatic nitrogens is 1. The Morgan fingerprint density at radius 2 is 2.17 bits per heavy atom. The fraction of sp³-hybridized carbons (Fsp3) is 0.294. The first kappa shape index (κ1) is 16.1. The summed E-state index contributed by atoms with van der Waals surface area (Å²) in [5.41, 5.74) is 2.18.